The van der Waals surface area contributed by atoms with Crippen molar-refractivity contribution in [2.24, 2.45) is 5.92 Å². The van der Waals surface area contributed by atoms with Crippen molar-refractivity contribution in [3.05, 3.63) is 35.9 Å². The predicted octanol–water partition coefficient (Wildman–Crippen LogP) is 3.64. The highest BCUT2D eigenvalue weighted by molar-refractivity contribution is 5.68. The highest BCUT2D eigenvalue weighted by atomic mass is 16.6. The number of benzene rings is 1. The van der Waals surface area contributed by atoms with Gasteiger partial charge in [-0.15, -0.1) is 0 Å². The van der Waals surface area contributed by atoms with Crippen molar-refractivity contribution in [2.75, 3.05) is 26.2 Å². The second kappa shape index (κ2) is 7.82. The monoisotopic (exact) mass is 318 g/mol. The predicted molar refractivity (Wildman–Crippen MR) is 93.6 cm³/mol. The average molecular weight is 318 g/mol. The van der Waals surface area contributed by atoms with Gasteiger partial charge < -0.3 is 15.0 Å². The van der Waals surface area contributed by atoms with Crippen LogP contribution < -0.4 is 5.32 Å². The van der Waals surface area contributed by atoms with Gasteiger partial charge in [0.2, 0.25) is 0 Å². The number of amides is 1. The summed E-state index contributed by atoms with van der Waals surface area (Å²) in [6.45, 7) is 11.5. The fraction of sp³-hybridized carbons (Fsp3) is 0.632. The Morgan fingerprint density at radius 1 is 1.35 bits per heavy atom. The highest BCUT2D eigenvalue weighted by Crippen LogP contribution is 2.19. The number of carbonyl (C=O) groups excluding carboxylic acids is 1. The Morgan fingerprint density at radius 3 is 2.70 bits per heavy atom. The van der Waals surface area contributed by atoms with Gasteiger partial charge in [0.25, 0.3) is 0 Å². The van der Waals surface area contributed by atoms with Crippen LogP contribution >= 0.6 is 0 Å². The second-order valence-corrected chi connectivity index (χ2v) is 7.55. The molecule has 0 aliphatic carbocycles. The first-order chi connectivity index (χ1) is 10.8. The van der Waals surface area contributed by atoms with Crippen LogP contribution in [0.4, 0.5) is 4.79 Å². The van der Waals surface area contributed by atoms with Crippen molar-refractivity contribution in [1.29, 1.82) is 0 Å². The van der Waals surface area contributed by atoms with Crippen molar-refractivity contribution in [3.63, 3.8) is 0 Å². The van der Waals surface area contributed by atoms with Gasteiger partial charge in [-0.2, -0.15) is 0 Å². The number of hydrogen-bond acceptors (Lipinski definition) is 3. The number of hydrogen-bond donors (Lipinski definition) is 1. The molecule has 1 fully saturated rings. The van der Waals surface area contributed by atoms with E-state index in [1.807, 2.05) is 31.7 Å². The maximum absolute atomic E-state index is 12.1. The normalized spacial score (nSPS) is 19.7. The molecule has 1 aliphatic rings. The Balaban J connectivity index is 1.69. The average Bonchev–Trinajstić information content (AvgIpc) is 2.95. The molecule has 4 heteroatoms. The Kier molecular flexibility index (Phi) is 6.05. The van der Waals surface area contributed by atoms with Crippen molar-refractivity contribution in [3.8, 4) is 0 Å². The number of ether oxygens (including phenoxy) is 1. The first-order valence-corrected chi connectivity index (χ1v) is 8.59. The van der Waals surface area contributed by atoms with Crippen LogP contribution in [-0.4, -0.2) is 42.8 Å². The van der Waals surface area contributed by atoms with E-state index in [9.17, 15) is 4.79 Å². The third-order valence-corrected chi connectivity index (χ3v) is 4.19. The van der Waals surface area contributed by atoms with E-state index in [1.54, 1.807) is 0 Å². The molecule has 1 aromatic rings. The van der Waals surface area contributed by atoms with Crippen molar-refractivity contribution in [2.45, 2.75) is 45.6 Å². The lowest BCUT2D eigenvalue weighted by molar-refractivity contribution is 0.0288. The fourth-order valence-corrected chi connectivity index (χ4v) is 2.89. The topological polar surface area (TPSA) is 41.6 Å². The van der Waals surface area contributed by atoms with Crippen LogP contribution in [0.25, 0.3) is 0 Å². The molecule has 0 radical (unpaired) electrons. The minimum absolute atomic E-state index is 0.183. The van der Waals surface area contributed by atoms with Crippen LogP contribution in [0, 0.1) is 5.92 Å². The zero-order chi connectivity index (χ0) is 16.9. The molecule has 2 unspecified atom stereocenters. The van der Waals surface area contributed by atoms with E-state index in [-0.39, 0.29) is 6.09 Å². The standard InChI is InChI=1S/C19H30N2O2/c1-15(17-8-6-5-7-9-17)12-20-13-16-10-11-21(14-16)18(22)23-19(2,3)4/h5-9,15-16,20H,10-14H2,1-4H3. The summed E-state index contributed by atoms with van der Waals surface area (Å²) >= 11 is 0. The fourth-order valence-electron chi connectivity index (χ4n) is 2.89. The number of rotatable bonds is 5. The molecule has 128 valence electrons. The lowest BCUT2D eigenvalue weighted by Crippen LogP contribution is -2.36. The van der Waals surface area contributed by atoms with E-state index in [1.165, 1.54) is 5.56 Å². The van der Waals surface area contributed by atoms with Gasteiger partial charge in [0.1, 0.15) is 5.60 Å². The molecule has 1 amide bonds. The van der Waals surface area contributed by atoms with E-state index in [0.717, 1.165) is 32.6 Å². The molecule has 1 saturated heterocycles. The number of carbonyl (C=O) groups is 1. The molecule has 0 bridgehead atoms. The summed E-state index contributed by atoms with van der Waals surface area (Å²) in [4.78, 5) is 13.9. The summed E-state index contributed by atoms with van der Waals surface area (Å²) in [5.74, 6) is 1.02. The summed E-state index contributed by atoms with van der Waals surface area (Å²) in [7, 11) is 0. The molecule has 0 aromatic heterocycles. The maximum atomic E-state index is 12.1. The Bertz CT molecular complexity index is 496. The van der Waals surface area contributed by atoms with E-state index in [4.69, 9.17) is 4.74 Å². The number of likely N-dealkylation sites (tertiary alicyclic amines) is 1. The summed E-state index contributed by atoms with van der Waals surface area (Å²) in [5, 5.41) is 3.55. The summed E-state index contributed by atoms with van der Waals surface area (Å²) in [6.07, 6.45) is 0.865. The SMILES string of the molecule is CC(CNCC1CCN(C(=O)OC(C)(C)C)C1)c1ccccc1. The van der Waals surface area contributed by atoms with Crippen molar-refractivity contribution in [1.82, 2.24) is 10.2 Å². The smallest absolute Gasteiger partial charge is 0.410 e. The largest absolute Gasteiger partial charge is 0.444 e. The number of nitrogens with one attached hydrogen (secondary N) is 1. The highest BCUT2D eigenvalue weighted by Gasteiger charge is 2.29. The van der Waals surface area contributed by atoms with Gasteiger partial charge in [0.15, 0.2) is 0 Å². The number of nitrogens with zero attached hydrogens (tertiary/aromatic N) is 1. The molecule has 0 spiro atoms. The molecule has 1 heterocycles. The van der Waals surface area contributed by atoms with Crippen molar-refractivity contribution < 1.29 is 9.53 Å². The minimum atomic E-state index is -0.418. The van der Waals surface area contributed by atoms with E-state index < -0.39 is 5.60 Å². The van der Waals surface area contributed by atoms with E-state index >= 15 is 0 Å². The quantitative estimate of drug-likeness (QED) is 0.901. The molecule has 0 saturated carbocycles. The van der Waals surface area contributed by atoms with Gasteiger partial charge >= 0.3 is 6.09 Å². The van der Waals surface area contributed by atoms with Gasteiger partial charge in [-0.25, -0.2) is 4.79 Å². The summed E-state index contributed by atoms with van der Waals surface area (Å²) in [6, 6.07) is 10.6. The van der Waals surface area contributed by atoms with Crippen LogP contribution in [0.1, 0.15) is 45.6 Å². The Labute approximate surface area is 140 Å². The third-order valence-electron chi connectivity index (χ3n) is 4.19. The molecule has 2 rings (SSSR count). The molecule has 1 aromatic carbocycles. The van der Waals surface area contributed by atoms with Crippen LogP contribution in [0.2, 0.25) is 0 Å². The van der Waals surface area contributed by atoms with Gasteiger partial charge in [0.05, 0.1) is 0 Å². The van der Waals surface area contributed by atoms with Crippen molar-refractivity contribution >= 4 is 6.09 Å². The molecular weight excluding hydrogens is 288 g/mol. The molecular formula is C19H30N2O2. The van der Waals surface area contributed by atoms with Crippen LogP contribution in [0.5, 0.6) is 0 Å². The summed E-state index contributed by atoms with van der Waals surface area (Å²) in [5.41, 5.74) is 0.945. The second-order valence-electron chi connectivity index (χ2n) is 7.55. The lowest BCUT2D eigenvalue weighted by Gasteiger charge is -2.24. The lowest BCUT2D eigenvalue weighted by atomic mass is 10.0. The first-order valence-electron chi connectivity index (χ1n) is 8.59. The molecule has 23 heavy (non-hydrogen) atoms. The van der Waals surface area contributed by atoms with Gasteiger partial charge in [-0.1, -0.05) is 37.3 Å². The molecule has 4 nitrogen and oxygen atoms in total. The maximum Gasteiger partial charge on any atom is 0.410 e. The van der Waals surface area contributed by atoms with Gasteiger partial charge in [-0.3, -0.25) is 0 Å². The van der Waals surface area contributed by atoms with E-state index in [2.05, 4.69) is 36.5 Å². The summed E-state index contributed by atoms with van der Waals surface area (Å²) < 4.78 is 5.44. The zero-order valence-electron chi connectivity index (χ0n) is 14.8. The Hall–Kier alpha value is -1.55. The zero-order valence-corrected chi connectivity index (χ0v) is 14.8. The van der Waals surface area contributed by atoms with Gasteiger partial charge in [0, 0.05) is 19.6 Å². The molecule has 1 N–H and O–H groups in total. The van der Waals surface area contributed by atoms with E-state index in [0.29, 0.717) is 11.8 Å². The van der Waals surface area contributed by atoms with Crippen LogP contribution in [-0.2, 0) is 4.74 Å². The molecule has 1 aliphatic heterocycles. The third kappa shape index (κ3) is 5.87. The minimum Gasteiger partial charge on any atom is -0.444 e. The van der Waals surface area contributed by atoms with Crippen LogP contribution in [0.3, 0.4) is 0 Å². The Morgan fingerprint density at radius 2 is 2.04 bits per heavy atom. The molecule has 2 atom stereocenters. The van der Waals surface area contributed by atoms with Gasteiger partial charge in [-0.05, 0) is 51.1 Å². The first kappa shape index (κ1) is 17.8. The van der Waals surface area contributed by atoms with Crippen LogP contribution in [0.15, 0.2) is 30.3 Å².